The van der Waals surface area contributed by atoms with Gasteiger partial charge in [0.2, 0.25) is 0 Å². The largest absolute Gasteiger partial charge is 0.497 e. The Morgan fingerprint density at radius 1 is 1.44 bits per heavy atom. The number of ether oxygens (including phenoxy) is 1. The third-order valence-electron chi connectivity index (χ3n) is 2.25. The van der Waals surface area contributed by atoms with Crippen LogP contribution >= 0.6 is 0 Å². The number of nitrogens with zero attached hydrogens (tertiary/aromatic N) is 3. The minimum Gasteiger partial charge on any atom is -0.497 e. The molecule has 0 atom stereocenters. The molecule has 2 aromatic rings. The summed E-state index contributed by atoms with van der Waals surface area (Å²) in [5, 5.41) is 7.24. The standard InChI is InChI=1S/C11H14N4O/c1-12-7-11-13-8-14-15(11)9-4-3-5-10(6-9)16-2/h3-6,8,12H,7H2,1-2H3. The maximum atomic E-state index is 5.18. The second-order valence-corrected chi connectivity index (χ2v) is 3.32. The van der Waals surface area contributed by atoms with E-state index in [4.69, 9.17) is 4.74 Å². The topological polar surface area (TPSA) is 52.0 Å². The van der Waals surface area contributed by atoms with Gasteiger partial charge in [0.05, 0.1) is 19.3 Å². The molecule has 1 N–H and O–H groups in total. The lowest BCUT2D eigenvalue weighted by molar-refractivity contribution is 0.414. The number of rotatable bonds is 4. The number of methoxy groups -OCH3 is 1. The number of aromatic nitrogens is 3. The lowest BCUT2D eigenvalue weighted by atomic mass is 10.3. The highest BCUT2D eigenvalue weighted by atomic mass is 16.5. The molecule has 0 bridgehead atoms. The average molecular weight is 218 g/mol. The van der Waals surface area contributed by atoms with Crippen LogP contribution in [0.4, 0.5) is 0 Å². The van der Waals surface area contributed by atoms with Gasteiger partial charge in [0.25, 0.3) is 0 Å². The monoisotopic (exact) mass is 218 g/mol. The molecule has 0 amide bonds. The summed E-state index contributed by atoms with van der Waals surface area (Å²) in [6.45, 7) is 0.678. The smallest absolute Gasteiger partial charge is 0.146 e. The Hall–Kier alpha value is -1.88. The molecule has 0 saturated heterocycles. The molecule has 84 valence electrons. The first kappa shape index (κ1) is 10.6. The molecular weight excluding hydrogens is 204 g/mol. The summed E-state index contributed by atoms with van der Waals surface area (Å²) < 4.78 is 6.97. The second-order valence-electron chi connectivity index (χ2n) is 3.32. The van der Waals surface area contributed by atoms with Gasteiger partial charge in [-0.3, -0.25) is 0 Å². The molecule has 5 nitrogen and oxygen atoms in total. The van der Waals surface area contributed by atoms with Crippen molar-refractivity contribution in [3.63, 3.8) is 0 Å². The highest BCUT2D eigenvalue weighted by Gasteiger charge is 2.05. The van der Waals surface area contributed by atoms with Crippen LogP contribution in [0.2, 0.25) is 0 Å². The van der Waals surface area contributed by atoms with Crippen molar-refractivity contribution in [2.45, 2.75) is 6.54 Å². The highest BCUT2D eigenvalue weighted by Crippen LogP contribution is 2.16. The summed E-state index contributed by atoms with van der Waals surface area (Å²) >= 11 is 0. The number of benzene rings is 1. The minimum absolute atomic E-state index is 0.678. The van der Waals surface area contributed by atoms with Crippen LogP contribution in [-0.4, -0.2) is 28.9 Å². The van der Waals surface area contributed by atoms with Gasteiger partial charge in [-0.05, 0) is 19.2 Å². The SMILES string of the molecule is CNCc1ncnn1-c1cccc(OC)c1. The molecule has 1 aromatic heterocycles. The zero-order chi connectivity index (χ0) is 11.4. The quantitative estimate of drug-likeness (QED) is 0.831. The Morgan fingerprint density at radius 3 is 3.06 bits per heavy atom. The van der Waals surface area contributed by atoms with Gasteiger partial charge in [-0.25, -0.2) is 9.67 Å². The van der Waals surface area contributed by atoms with Crippen molar-refractivity contribution >= 4 is 0 Å². The van der Waals surface area contributed by atoms with Gasteiger partial charge in [0, 0.05) is 6.07 Å². The van der Waals surface area contributed by atoms with Crippen molar-refractivity contribution in [3.8, 4) is 11.4 Å². The Balaban J connectivity index is 2.37. The van der Waals surface area contributed by atoms with Crippen LogP contribution < -0.4 is 10.1 Å². The van der Waals surface area contributed by atoms with E-state index < -0.39 is 0 Å². The van der Waals surface area contributed by atoms with Crippen LogP contribution in [-0.2, 0) is 6.54 Å². The normalized spacial score (nSPS) is 10.4. The molecule has 0 aliphatic carbocycles. The zero-order valence-corrected chi connectivity index (χ0v) is 9.34. The molecule has 0 aliphatic rings. The Labute approximate surface area is 94.1 Å². The molecule has 1 heterocycles. The molecule has 0 spiro atoms. The molecule has 1 aromatic carbocycles. The molecule has 0 unspecified atom stereocenters. The van der Waals surface area contributed by atoms with Gasteiger partial charge >= 0.3 is 0 Å². The van der Waals surface area contributed by atoms with Gasteiger partial charge < -0.3 is 10.1 Å². The fourth-order valence-electron chi connectivity index (χ4n) is 1.50. The van der Waals surface area contributed by atoms with E-state index in [1.807, 2.05) is 31.3 Å². The number of hydrogen-bond donors (Lipinski definition) is 1. The fourth-order valence-corrected chi connectivity index (χ4v) is 1.50. The van der Waals surface area contributed by atoms with E-state index in [0.29, 0.717) is 6.54 Å². The molecule has 0 radical (unpaired) electrons. The zero-order valence-electron chi connectivity index (χ0n) is 9.34. The van der Waals surface area contributed by atoms with Gasteiger partial charge in [-0.15, -0.1) is 0 Å². The van der Waals surface area contributed by atoms with Crippen molar-refractivity contribution < 1.29 is 4.74 Å². The van der Waals surface area contributed by atoms with E-state index in [1.54, 1.807) is 18.1 Å². The first-order valence-corrected chi connectivity index (χ1v) is 5.03. The van der Waals surface area contributed by atoms with Crippen molar-refractivity contribution in [1.82, 2.24) is 20.1 Å². The van der Waals surface area contributed by atoms with E-state index >= 15 is 0 Å². The summed E-state index contributed by atoms with van der Waals surface area (Å²) in [5.41, 5.74) is 0.946. The van der Waals surface area contributed by atoms with E-state index in [1.165, 1.54) is 0 Å². The average Bonchev–Trinajstić information content (AvgIpc) is 2.78. The Kier molecular flexibility index (Phi) is 3.16. The molecule has 2 rings (SSSR count). The van der Waals surface area contributed by atoms with Crippen LogP contribution in [0.25, 0.3) is 5.69 Å². The van der Waals surface area contributed by atoms with Gasteiger partial charge in [0.1, 0.15) is 17.9 Å². The van der Waals surface area contributed by atoms with Crippen LogP contribution in [0.3, 0.4) is 0 Å². The van der Waals surface area contributed by atoms with Crippen LogP contribution in [0, 0.1) is 0 Å². The lowest BCUT2D eigenvalue weighted by Crippen LogP contribution is -2.12. The third kappa shape index (κ3) is 2.04. The Bertz CT molecular complexity index is 467. The number of nitrogens with one attached hydrogen (secondary N) is 1. The predicted molar refractivity (Wildman–Crippen MR) is 60.7 cm³/mol. The van der Waals surface area contributed by atoms with Crippen molar-refractivity contribution in [2.24, 2.45) is 0 Å². The van der Waals surface area contributed by atoms with Gasteiger partial charge in [0.15, 0.2) is 0 Å². The number of hydrogen-bond acceptors (Lipinski definition) is 4. The summed E-state index contributed by atoms with van der Waals surface area (Å²) in [5.74, 6) is 1.68. The summed E-state index contributed by atoms with van der Waals surface area (Å²) in [6, 6.07) is 7.72. The molecule has 16 heavy (non-hydrogen) atoms. The molecule has 0 saturated carbocycles. The van der Waals surface area contributed by atoms with Crippen LogP contribution in [0.15, 0.2) is 30.6 Å². The van der Waals surface area contributed by atoms with Gasteiger partial charge in [-0.2, -0.15) is 5.10 Å². The Morgan fingerprint density at radius 2 is 2.31 bits per heavy atom. The van der Waals surface area contributed by atoms with Crippen molar-refractivity contribution in [2.75, 3.05) is 14.2 Å². The van der Waals surface area contributed by atoms with E-state index in [9.17, 15) is 0 Å². The first-order chi connectivity index (χ1) is 7.85. The molecular formula is C11H14N4O. The summed E-state index contributed by atoms with van der Waals surface area (Å²) in [6.07, 6.45) is 1.55. The third-order valence-corrected chi connectivity index (χ3v) is 2.25. The highest BCUT2D eigenvalue weighted by molar-refractivity contribution is 5.38. The first-order valence-electron chi connectivity index (χ1n) is 5.03. The lowest BCUT2D eigenvalue weighted by Gasteiger charge is -2.07. The summed E-state index contributed by atoms with van der Waals surface area (Å²) in [7, 11) is 3.53. The summed E-state index contributed by atoms with van der Waals surface area (Å²) in [4.78, 5) is 4.19. The van der Waals surface area contributed by atoms with E-state index in [0.717, 1.165) is 17.3 Å². The van der Waals surface area contributed by atoms with Gasteiger partial charge in [-0.1, -0.05) is 6.07 Å². The van der Waals surface area contributed by atoms with E-state index in [2.05, 4.69) is 15.4 Å². The molecule has 5 heteroatoms. The fraction of sp³-hybridized carbons (Fsp3) is 0.273. The minimum atomic E-state index is 0.678. The maximum absolute atomic E-state index is 5.18. The molecule has 0 fully saturated rings. The second kappa shape index (κ2) is 4.76. The maximum Gasteiger partial charge on any atom is 0.146 e. The molecule has 0 aliphatic heterocycles. The van der Waals surface area contributed by atoms with Crippen molar-refractivity contribution in [1.29, 1.82) is 0 Å². The predicted octanol–water partition coefficient (Wildman–Crippen LogP) is 0.995. The van der Waals surface area contributed by atoms with Crippen LogP contribution in [0.1, 0.15) is 5.82 Å². The van der Waals surface area contributed by atoms with E-state index in [-0.39, 0.29) is 0 Å². The van der Waals surface area contributed by atoms with Crippen LogP contribution in [0.5, 0.6) is 5.75 Å². The van der Waals surface area contributed by atoms with Crippen molar-refractivity contribution in [3.05, 3.63) is 36.4 Å².